The van der Waals surface area contributed by atoms with Gasteiger partial charge in [0.2, 0.25) is 10.0 Å². The molecule has 19 heavy (non-hydrogen) atoms. The number of rotatable bonds is 5. The fraction of sp³-hybridized carbons (Fsp3) is 0.455. The third kappa shape index (κ3) is 3.02. The Kier molecular flexibility index (Phi) is 3.46. The van der Waals surface area contributed by atoms with Crippen molar-refractivity contribution >= 4 is 21.4 Å². The van der Waals surface area contributed by atoms with Gasteiger partial charge in [-0.15, -0.1) is 0 Å². The van der Waals surface area contributed by atoms with Gasteiger partial charge in [-0.1, -0.05) is 6.92 Å². The average molecular weight is 285 g/mol. The van der Waals surface area contributed by atoms with Gasteiger partial charge in [0, 0.05) is 18.3 Å². The number of nitrogens with one attached hydrogen (secondary N) is 1. The van der Waals surface area contributed by atoms with Crippen LogP contribution in [0.3, 0.4) is 0 Å². The van der Waals surface area contributed by atoms with Crippen molar-refractivity contribution < 1.29 is 13.3 Å². The molecule has 2 unspecified atom stereocenters. The van der Waals surface area contributed by atoms with Crippen molar-refractivity contribution in [2.24, 2.45) is 11.8 Å². The second-order valence-corrected chi connectivity index (χ2v) is 6.54. The molecule has 0 radical (unpaired) electrons. The molecule has 3 N–H and O–H groups in total. The molecule has 1 aliphatic carbocycles. The highest BCUT2D eigenvalue weighted by Crippen LogP contribution is 2.37. The Morgan fingerprint density at radius 1 is 1.53 bits per heavy atom. The lowest BCUT2D eigenvalue weighted by Gasteiger charge is -2.07. The zero-order valence-electron chi connectivity index (χ0n) is 10.4. The van der Waals surface area contributed by atoms with E-state index in [0.717, 1.165) is 18.6 Å². The minimum absolute atomic E-state index is 0.172. The molecule has 2 atom stereocenters. The Morgan fingerprint density at radius 2 is 2.16 bits per heavy atom. The topological polar surface area (TPSA) is 115 Å². The largest absolute Gasteiger partial charge is 0.399 e. The summed E-state index contributed by atoms with van der Waals surface area (Å²) in [4.78, 5) is 9.74. The number of nitrogens with two attached hydrogens (primary N) is 1. The number of anilines is 1. The van der Waals surface area contributed by atoms with Crippen LogP contribution in [-0.2, 0) is 10.0 Å². The molecule has 1 aromatic rings. The molecule has 1 saturated carbocycles. The summed E-state index contributed by atoms with van der Waals surface area (Å²) in [5, 5.41) is 10.9. The van der Waals surface area contributed by atoms with Gasteiger partial charge in [0.05, 0.1) is 4.92 Å². The molecule has 1 fully saturated rings. The fourth-order valence-electron chi connectivity index (χ4n) is 1.87. The van der Waals surface area contributed by atoms with E-state index in [2.05, 4.69) is 4.72 Å². The summed E-state index contributed by atoms with van der Waals surface area (Å²) in [7, 11) is -3.91. The Labute approximate surface area is 111 Å². The summed E-state index contributed by atoms with van der Waals surface area (Å²) < 4.78 is 26.6. The van der Waals surface area contributed by atoms with Gasteiger partial charge in [0.25, 0.3) is 5.69 Å². The number of nitro benzene ring substituents is 1. The first kappa shape index (κ1) is 13.8. The lowest BCUT2D eigenvalue weighted by molar-refractivity contribution is -0.387. The predicted octanol–water partition coefficient (Wildman–Crippen LogP) is 1.11. The van der Waals surface area contributed by atoms with E-state index in [1.807, 2.05) is 6.92 Å². The molecule has 0 saturated heterocycles. The number of nitrogens with zero attached hydrogens (tertiary/aromatic N) is 1. The van der Waals surface area contributed by atoms with Crippen molar-refractivity contribution in [1.29, 1.82) is 0 Å². The quantitative estimate of drug-likeness (QED) is 0.477. The summed E-state index contributed by atoms with van der Waals surface area (Å²) in [6.07, 6.45) is 0.974. The van der Waals surface area contributed by atoms with Crippen LogP contribution in [0.4, 0.5) is 11.4 Å². The molecule has 0 heterocycles. The molecule has 2 rings (SSSR count). The minimum atomic E-state index is -3.91. The van der Waals surface area contributed by atoms with Crippen molar-refractivity contribution in [3.63, 3.8) is 0 Å². The smallest absolute Gasteiger partial charge is 0.289 e. The van der Waals surface area contributed by atoms with Crippen LogP contribution in [0.1, 0.15) is 13.3 Å². The number of nitro groups is 1. The first-order chi connectivity index (χ1) is 8.81. The maximum Gasteiger partial charge on any atom is 0.289 e. The fourth-order valence-corrected chi connectivity index (χ4v) is 3.17. The number of nitrogen functional groups attached to an aromatic ring is 1. The van der Waals surface area contributed by atoms with Gasteiger partial charge in [0.1, 0.15) is 0 Å². The van der Waals surface area contributed by atoms with Crippen LogP contribution < -0.4 is 10.5 Å². The van der Waals surface area contributed by atoms with Crippen LogP contribution in [0.5, 0.6) is 0 Å². The lowest BCUT2D eigenvalue weighted by Crippen LogP contribution is -2.27. The summed E-state index contributed by atoms with van der Waals surface area (Å²) in [6, 6.07) is 3.51. The summed E-state index contributed by atoms with van der Waals surface area (Å²) in [5.74, 6) is 0.813. The van der Waals surface area contributed by atoms with Crippen LogP contribution in [0, 0.1) is 22.0 Å². The van der Waals surface area contributed by atoms with E-state index in [1.165, 1.54) is 6.07 Å². The maximum absolute atomic E-state index is 12.1. The molecule has 1 aliphatic rings. The molecule has 0 amide bonds. The molecular weight excluding hydrogens is 270 g/mol. The molecule has 0 aromatic heterocycles. The SMILES string of the molecule is CC1CC1CNS(=O)(=O)c1cc(N)ccc1[N+](=O)[O-]. The van der Waals surface area contributed by atoms with E-state index in [-0.39, 0.29) is 10.6 Å². The Bertz CT molecular complexity index is 614. The highest BCUT2D eigenvalue weighted by atomic mass is 32.2. The molecule has 104 valence electrons. The number of benzene rings is 1. The van der Waals surface area contributed by atoms with Crippen LogP contribution in [-0.4, -0.2) is 19.9 Å². The van der Waals surface area contributed by atoms with Crippen molar-refractivity contribution in [2.45, 2.75) is 18.2 Å². The summed E-state index contributed by atoms with van der Waals surface area (Å²) in [5.41, 5.74) is 5.20. The van der Waals surface area contributed by atoms with Crippen molar-refractivity contribution in [1.82, 2.24) is 4.72 Å². The highest BCUT2D eigenvalue weighted by molar-refractivity contribution is 7.89. The lowest BCUT2D eigenvalue weighted by atomic mass is 10.3. The van der Waals surface area contributed by atoms with E-state index in [9.17, 15) is 18.5 Å². The zero-order chi connectivity index (χ0) is 14.2. The van der Waals surface area contributed by atoms with Crippen LogP contribution >= 0.6 is 0 Å². The van der Waals surface area contributed by atoms with Crippen LogP contribution in [0.2, 0.25) is 0 Å². The first-order valence-electron chi connectivity index (χ1n) is 5.85. The predicted molar refractivity (Wildman–Crippen MR) is 70.0 cm³/mol. The average Bonchev–Trinajstić information content (AvgIpc) is 3.02. The number of sulfonamides is 1. The van der Waals surface area contributed by atoms with Crippen LogP contribution in [0.15, 0.2) is 23.1 Å². The van der Waals surface area contributed by atoms with E-state index in [1.54, 1.807) is 0 Å². The molecular formula is C11H15N3O4S. The molecule has 7 nitrogen and oxygen atoms in total. The molecule has 8 heteroatoms. The Hall–Kier alpha value is -1.67. The molecule has 0 spiro atoms. The van der Waals surface area contributed by atoms with Gasteiger partial charge in [-0.25, -0.2) is 13.1 Å². The minimum Gasteiger partial charge on any atom is -0.399 e. The monoisotopic (exact) mass is 285 g/mol. The standard InChI is InChI=1S/C11H15N3O4S/c1-7-4-8(7)6-13-19(17,18)11-5-9(12)2-3-10(11)14(15)16/h2-3,5,7-8,13H,4,6,12H2,1H3. The van der Waals surface area contributed by atoms with E-state index in [4.69, 9.17) is 5.73 Å². The van der Waals surface area contributed by atoms with Crippen molar-refractivity contribution in [2.75, 3.05) is 12.3 Å². The van der Waals surface area contributed by atoms with Crippen molar-refractivity contribution in [3.8, 4) is 0 Å². The zero-order valence-corrected chi connectivity index (χ0v) is 11.2. The van der Waals surface area contributed by atoms with E-state index < -0.39 is 20.6 Å². The van der Waals surface area contributed by atoms with E-state index in [0.29, 0.717) is 18.4 Å². The van der Waals surface area contributed by atoms with Gasteiger partial charge >= 0.3 is 0 Å². The maximum atomic E-state index is 12.1. The highest BCUT2D eigenvalue weighted by Gasteiger charge is 2.34. The Balaban J connectivity index is 2.28. The molecule has 0 bridgehead atoms. The van der Waals surface area contributed by atoms with E-state index >= 15 is 0 Å². The third-order valence-corrected chi connectivity index (χ3v) is 4.73. The second kappa shape index (κ2) is 4.78. The van der Waals surface area contributed by atoms with Gasteiger partial charge in [0.15, 0.2) is 4.90 Å². The Morgan fingerprint density at radius 3 is 2.68 bits per heavy atom. The number of hydrogen-bond acceptors (Lipinski definition) is 5. The van der Waals surface area contributed by atoms with Crippen LogP contribution in [0.25, 0.3) is 0 Å². The third-order valence-electron chi connectivity index (χ3n) is 3.28. The van der Waals surface area contributed by atoms with Gasteiger partial charge in [-0.05, 0) is 30.4 Å². The van der Waals surface area contributed by atoms with Crippen molar-refractivity contribution in [3.05, 3.63) is 28.3 Å². The van der Waals surface area contributed by atoms with Gasteiger partial charge in [-0.2, -0.15) is 0 Å². The summed E-state index contributed by atoms with van der Waals surface area (Å²) >= 11 is 0. The molecule has 1 aromatic carbocycles. The molecule has 0 aliphatic heterocycles. The second-order valence-electron chi connectivity index (χ2n) is 4.81. The first-order valence-corrected chi connectivity index (χ1v) is 7.33. The normalized spacial score (nSPS) is 22.2. The van der Waals surface area contributed by atoms with Gasteiger partial charge < -0.3 is 5.73 Å². The van der Waals surface area contributed by atoms with Gasteiger partial charge in [-0.3, -0.25) is 10.1 Å². The summed E-state index contributed by atoms with van der Waals surface area (Å²) in [6.45, 7) is 2.33. The number of hydrogen-bond donors (Lipinski definition) is 2.